The van der Waals surface area contributed by atoms with Crippen molar-refractivity contribution < 1.29 is 9.53 Å². The summed E-state index contributed by atoms with van der Waals surface area (Å²) in [5.74, 6) is 0.245. The van der Waals surface area contributed by atoms with Crippen molar-refractivity contribution >= 4 is 39.1 Å². The molecule has 7 heteroatoms. The van der Waals surface area contributed by atoms with Crippen molar-refractivity contribution in [3.63, 3.8) is 0 Å². The Bertz CT molecular complexity index is 926. The molecule has 134 valence electrons. The fourth-order valence-corrected chi connectivity index (χ4v) is 4.54. The largest absolute Gasteiger partial charge is 0.478 e. The summed E-state index contributed by atoms with van der Waals surface area (Å²) in [6.07, 6.45) is 1.84. The zero-order valence-electron chi connectivity index (χ0n) is 14.3. The molecular weight excluding hydrogens is 370 g/mol. The van der Waals surface area contributed by atoms with Gasteiger partial charge in [0.2, 0.25) is 5.88 Å². The number of hydrogen-bond donors (Lipinski definition) is 0. The van der Waals surface area contributed by atoms with Gasteiger partial charge in [-0.05, 0) is 38.0 Å². The Kier molecular flexibility index (Phi) is 4.78. The lowest BCUT2D eigenvalue weighted by Gasteiger charge is -2.23. The van der Waals surface area contributed by atoms with E-state index in [0.29, 0.717) is 24.1 Å². The molecular formula is C19H18ClN3O2S. The molecule has 1 unspecified atom stereocenters. The zero-order chi connectivity index (χ0) is 18.1. The highest BCUT2D eigenvalue weighted by Gasteiger charge is 2.34. The van der Waals surface area contributed by atoms with Crippen LogP contribution in [0.25, 0.3) is 10.2 Å². The molecule has 0 aliphatic carbocycles. The van der Waals surface area contributed by atoms with E-state index in [0.717, 1.165) is 28.1 Å². The average molecular weight is 388 g/mol. The monoisotopic (exact) mass is 387 g/mol. The Balaban J connectivity index is 1.66. The number of ether oxygens (including phenoxy) is 1. The summed E-state index contributed by atoms with van der Waals surface area (Å²) in [5.41, 5.74) is 1.21. The van der Waals surface area contributed by atoms with Crippen molar-refractivity contribution in [1.82, 2.24) is 14.9 Å². The number of aromatic nitrogens is 2. The molecule has 3 heterocycles. The minimum Gasteiger partial charge on any atom is -0.478 e. The van der Waals surface area contributed by atoms with Gasteiger partial charge in [-0.25, -0.2) is 9.97 Å². The number of carbonyl (C=O) groups is 1. The number of benzene rings is 1. The number of nitrogens with zero attached hydrogens (tertiary/aromatic N) is 3. The summed E-state index contributed by atoms with van der Waals surface area (Å²) in [6, 6.07) is 11.3. The Morgan fingerprint density at radius 2 is 2.15 bits per heavy atom. The fourth-order valence-electron chi connectivity index (χ4n) is 3.24. The van der Waals surface area contributed by atoms with Gasteiger partial charge in [0, 0.05) is 12.6 Å². The molecule has 2 aromatic heterocycles. The molecule has 0 saturated carbocycles. The molecule has 3 aromatic rings. The highest BCUT2D eigenvalue weighted by molar-refractivity contribution is 7.18. The predicted molar refractivity (Wildman–Crippen MR) is 103 cm³/mol. The van der Waals surface area contributed by atoms with Crippen molar-refractivity contribution in [2.45, 2.75) is 25.8 Å². The number of rotatable bonds is 4. The first-order chi connectivity index (χ1) is 12.7. The van der Waals surface area contributed by atoms with Crippen LogP contribution in [0, 0.1) is 0 Å². The van der Waals surface area contributed by atoms with Gasteiger partial charge in [-0.2, -0.15) is 0 Å². The van der Waals surface area contributed by atoms with E-state index in [1.165, 1.54) is 0 Å². The van der Waals surface area contributed by atoms with Crippen LogP contribution in [0.5, 0.6) is 5.88 Å². The van der Waals surface area contributed by atoms with E-state index in [9.17, 15) is 4.79 Å². The van der Waals surface area contributed by atoms with E-state index in [-0.39, 0.29) is 17.6 Å². The van der Waals surface area contributed by atoms with Gasteiger partial charge in [-0.3, -0.25) is 4.79 Å². The number of carbonyl (C=O) groups excluding carboxylic acids is 1. The summed E-state index contributed by atoms with van der Waals surface area (Å²) >= 11 is 7.89. The van der Waals surface area contributed by atoms with E-state index in [1.54, 1.807) is 23.5 Å². The van der Waals surface area contributed by atoms with Crippen LogP contribution in [0.1, 0.15) is 41.3 Å². The van der Waals surface area contributed by atoms with Gasteiger partial charge in [0.05, 0.1) is 27.9 Å². The quantitative estimate of drug-likeness (QED) is 0.649. The number of likely N-dealkylation sites (tertiary alicyclic amines) is 1. The lowest BCUT2D eigenvalue weighted by Crippen LogP contribution is -2.31. The van der Waals surface area contributed by atoms with Gasteiger partial charge >= 0.3 is 0 Å². The van der Waals surface area contributed by atoms with Crippen LogP contribution < -0.4 is 4.74 Å². The van der Waals surface area contributed by atoms with Gasteiger partial charge in [-0.15, -0.1) is 11.3 Å². The molecule has 1 aliphatic rings. The van der Waals surface area contributed by atoms with Crippen LogP contribution >= 0.6 is 22.9 Å². The number of amides is 1. The first-order valence-corrected chi connectivity index (χ1v) is 9.82. The van der Waals surface area contributed by atoms with Crippen LogP contribution in [0.4, 0.5) is 0 Å². The molecule has 4 rings (SSSR count). The van der Waals surface area contributed by atoms with Crippen molar-refractivity contribution in [3.8, 4) is 5.88 Å². The second-order valence-electron chi connectivity index (χ2n) is 6.09. The van der Waals surface area contributed by atoms with Crippen LogP contribution in [0.15, 0.2) is 36.4 Å². The minimum absolute atomic E-state index is 0.0338. The molecule has 5 nitrogen and oxygen atoms in total. The number of para-hydroxylation sites is 1. The standard InChI is InChI=1S/C19H18ClN3O2S/c1-2-25-16-10-9-12(20)17(22-16)19(24)23-11-5-7-14(23)18-21-13-6-3-4-8-15(13)26-18/h3-4,6,8-10,14H,2,5,7,11H2,1H3. The SMILES string of the molecule is CCOc1ccc(Cl)c(C(=O)N2CCCC2c2nc3ccccc3s2)n1. The van der Waals surface area contributed by atoms with Crippen LogP contribution in [0.2, 0.25) is 5.02 Å². The van der Waals surface area contributed by atoms with E-state index in [2.05, 4.69) is 11.1 Å². The number of halogens is 1. The maximum absolute atomic E-state index is 13.1. The first-order valence-electron chi connectivity index (χ1n) is 8.63. The Morgan fingerprint density at radius 1 is 1.31 bits per heavy atom. The third-order valence-corrected chi connectivity index (χ3v) is 5.87. The van der Waals surface area contributed by atoms with Gasteiger partial charge in [0.25, 0.3) is 5.91 Å². The van der Waals surface area contributed by atoms with Crippen LogP contribution in [-0.2, 0) is 0 Å². The van der Waals surface area contributed by atoms with E-state index in [4.69, 9.17) is 21.3 Å². The molecule has 1 saturated heterocycles. The highest BCUT2D eigenvalue weighted by Crippen LogP contribution is 2.37. The molecule has 0 spiro atoms. The summed E-state index contributed by atoms with van der Waals surface area (Å²) in [6.45, 7) is 3.04. The number of fused-ring (bicyclic) bond motifs is 1. The van der Waals surface area contributed by atoms with Gasteiger partial charge in [-0.1, -0.05) is 23.7 Å². The van der Waals surface area contributed by atoms with Crippen LogP contribution in [0.3, 0.4) is 0 Å². The second kappa shape index (κ2) is 7.21. The summed E-state index contributed by atoms with van der Waals surface area (Å²) < 4.78 is 6.55. The van der Waals surface area contributed by atoms with Crippen molar-refractivity contribution in [2.75, 3.05) is 13.2 Å². The van der Waals surface area contributed by atoms with E-state index >= 15 is 0 Å². The number of thiazole rings is 1. The normalized spacial score (nSPS) is 17.0. The summed E-state index contributed by atoms with van der Waals surface area (Å²) in [7, 11) is 0. The van der Waals surface area contributed by atoms with Gasteiger partial charge in [0.1, 0.15) is 5.01 Å². The maximum Gasteiger partial charge on any atom is 0.274 e. The molecule has 1 aliphatic heterocycles. The number of hydrogen-bond acceptors (Lipinski definition) is 5. The second-order valence-corrected chi connectivity index (χ2v) is 7.56. The molecule has 1 amide bonds. The average Bonchev–Trinajstić information content (AvgIpc) is 3.29. The van der Waals surface area contributed by atoms with Crippen LogP contribution in [-0.4, -0.2) is 33.9 Å². The van der Waals surface area contributed by atoms with Crippen molar-refractivity contribution in [1.29, 1.82) is 0 Å². The fraction of sp³-hybridized carbons (Fsp3) is 0.316. The lowest BCUT2D eigenvalue weighted by molar-refractivity contribution is 0.0728. The summed E-state index contributed by atoms with van der Waals surface area (Å²) in [5, 5.41) is 1.31. The van der Waals surface area contributed by atoms with Gasteiger partial charge < -0.3 is 9.64 Å². The molecule has 1 fully saturated rings. The smallest absolute Gasteiger partial charge is 0.274 e. The third-order valence-electron chi connectivity index (χ3n) is 4.42. The third kappa shape index (κ3) is 3.15. The molecule has 0 bridgehead atoms. The Hall–Kier alpha value is -2.18. The topological polar surface area (TPSA) is 55.3 Å². The van der Waals surface area contributed by atoms with Crippen molar-refractivity contribution in [2.24, 2.45) is 0 Å². The minimum atomic E-state index is -0.168. The Labute approximate surface area is 160 Å². The molecule has 0 N–H and O–H groups in total. The van der Waals surface area contributed by atoms with E-state index in [1.807, 2.05) is 30.0 Å². The number of pyridine rings is 1. The maximum atomic E-state index is 13.1. The lowest BCUT2D eigenvalue weighted by atomic mass is 10.2. The molecule has 26 heavy (non-hydrogen) atoms. The molecule has 1 atom stereocenters. The van der Waals surface area contributed by atoms with E-state index < -0.39 is 0 Å². The Morgan fingerprint density at radius 3 is 2.96 bits per heavy atom. The predicted octanol–water partition coefficient (Wildman–Crippen LogP) is 4.72. The summed E-state index contributed by atoms with van der Waals surface area (Å²) in [4.78, 5) is 24.0. The van der Waals surface area contributed by atoms with Gasteiger partial charge in [0.15, 0.2) is 5.69 Å². The first kappa shape index (κ1) is 17.2. The zero-order valence-corrected chi connectivity index (χ0v) is 15.9. The molecule has 1 aromatic carbocycles. The molecule has 0 radical (unpaired) electrons. The highest BCUT2D eigenvalue weighted by atomic mass is 35.5. The van der Waals surface area contributed by atoms with Crippen molar-refractivity contribution in [3.05, 3.63) is 52.1 Å².